The van der Waals surface area contributed by atoms with Gasteiger partial charge in [-0.2, -0.15) is 0 Å². The van der Waals surface area contributed by atoms with E-state index < -0.39 is 0 Å². The number of hydrogen-bond donors (Lipinski definition) is 0. The van der Waals surface area contributed by atoms with Crippen LogP contribution in [-0.4, -0.2) is 35.1 Å². The molecule has 0 aliphatic heterocycles. The Morgan fingerprint density at radius 2 is 1.67 bits per heavy atom. The fourth-order valence-electron chi connectivity index (χ4n) is 0.434. The van der Waals surface area contributed by atoms with Crippen molar-refractivity contribution in [3.05, 3.63) is 0 Å². The summed E-state index contributed by atoms with van der Waals surface area (Å²) in [6.07, 6.45) is 0.864. The fourth-order valence-corrected chi connectivity index (χ4v) is 1.35. The minimum atomic E-state index is 0.787. The first-order valence-electron chi connectivity index (χ1n) is 2.66. The Kier molecular flexibility index (Phi) is 6.86. The van der Waals surface area contributed by atoms with Crippen LogP contribution >= 0.6 is 31.9 Å². The Hall–Kier alpha value is 0.430. The third-order valence-electron chi connectivity index (χ3n) is 0.893. The van der Waals surface area contributed by atoms with E-state index in [0.29, 0.717) is 0 Å². The first kappa shape index (κ1) is 9.43. The number of halogens is 2. The highest BCUT2D eigenvalue weighted by atomic mass is 79.9. The van der Waals surface area contributed by atoms with Gasteiger partial charge < -0.3 is 4.90 Å². The molecule has 54 valence electrons. The summed E-state index contributed by atoms with van der Waals surface area (Å²) in [6.45, 7) is 1.57. The lowest BCUT2D eigenvalue weighted by molar-refractivity contribution is -0.117. The zero-order valence-corrected chi connectivity index (χ0v) is 8.19. The average Bonchev–Trinajstić information content (AvgIpc) is 1.88. The molecule has 0 rings (SSSR count). The first-order chi connectivity index (χ1) is 4.35. The number of carbonyl (C=O) groups is 1. The normalized spacial score (nSPS) is 9.11. The summed E-state index contributed by atoms with van der Waals surface area (Å²) in [5, 5.41) is 1.69. The number of amides is 1. The Morgan fingerprint density at radius 3 is 1.89 bits per heavy atom. The van der Waals surface area contributed by atoms with E-state index in [1.807, 2.05) is 0 Å². The van der Waals surface area contributed by atoms with Crippen LogP contribution in [0.5, 0.6) is 0 Å². The van der Waals surface area contributed by atoms with Crippen LogP contribution in [0.2, 0.25) is 0 Å². The summed E-state index contributed by atoms with van der Waals surface area (Å²) in [4.78, 5) is 11.9. The predicted molar refractivity (Wildman–Crippen MR) is 45.2 cm³/mol. The molecule has 0 saturated heterocycles. The second-order valence-electron chi connectivity index (χ2n) is 1.52. The molecule has 0 spiro atoms. The molecule has 0 radical (unpaired) electrons. The van der Waals surface area contributed by atoms with E-state index in [4.69, 9.17) is 0 Å². The van der Waals surface area contributed by atoms with Crippen LogP contribution in [0.15, 0.2) is 0 Å². The van der Waals surface area contributed by atoms with Crippen LogP contribution in [-0.2, 0) is 4.79 Å². The fraction of sp³-hybridized carbons (Fsp3) is 0.800. The molecule has 2 nitrogen and oxygen atoms in total. The molecule has 4 heteroatoms. The van der Waals surface area contributed by atoms with Gasteiger partial charge in [0.25, 0.3) is 0 Å². The zero-order chi connectivity index (χ0) is 7.11. The molecule has 0 unspecified atom stereocenters. The Morgan fingerprint density at radius 1 is 1.22 bits per heavy atom. The second-order valence-corrected chi connectivity index (χ2v) is 3.11. The molecule has 0 fully saturated rings. The van der Waals surface area contributed by atoms with E-state index in [1.165, 1.54) is 0 Å². The summed E-state index contributed by atoms with van der Waals surface area (Å²) in [5.74, 6) is 0. The smallest absolute Gasteiger partial charge is 0.209 e. The average molecular weight is 259 g/mol. The lowest BCUT2D eigenvalue weighted by Crippen LogP contribution is -2.25. The van der Waals surface area contributed by atoms with Gasteiger partial charge in [0.2, 0.25) is 6.41 Å². The summed E-state index contributed by atoms with van der Waals surface area (Å²) in [7, 11) is 0. The summed E-state index contributed by atoms with van der Waals surface area (Å²) in [6, 6.07) is 0. The maximum atomic E-state index is 10.2. The molecule has 0 N–H and O–H groups in total. The molecule has 0 aromatic rings. The molecule has 0 heterocycles. The highest BCUT2D eigenvalue weighted by Gasteiger charge is 1.95. The van der Waals surface area contributed by atoms with Crippen LogP contribution in [0, 0.1) is 0 Å². The third kappa shape index (κ3) is 4.90. The van der Waals surface area contributed by atoms with E-state index in [-0.39, 0.29) is 0 Å². The number of carbonyl (C=O) groups excluding carboxylic acids is 1. The van der Waals surface area contributed by atoms with Crippen molar-refractivity contribution in [1.82, 2.24) is 4.90 Å². The number of nitrogens with zero attached hydrogens (tertiary/aromatic N) is 1. The van der Waals surface area contributed by atoms with E-state index in [2.05, 4.69) is 31.9 Å². The van der Waals surface area contributed by atoms with Gasteiger partial charge in [-0.25, -0.2) is 0 Å². The quantitative estimate of drug-likeness (QED) is 0.537. The van der Waals surface area contributed by atoms with Crippen LogP contribution in [0.3, 0.4) is 0 Å². The minimum absolute atomic E-state index is 0.787. The lowest BCUT2D eigenvalue weighted by atomic mass is 10.6. The van der Waals surface area contributed by atoms with Gasteiger partial charge in [-0.15, -0.1) is 0 Å². The SMILES string of the molecule is O=CN(CCBr)CCBr. The van der Waals surface area contributed by atoms with Crippen molar-refractivity contribution in [1.29, 1.82) is 0 Å². The number of rotatable bonds is 5. The van der Waals surface area contributed by atoms with Gasteiger partial charge in [-0.3, -0.25) is 4.79 Å². The molecule has 0 bridgehead atoms. The molecule has 0 aliphatic carbocycles. The maximum absolute atomic E-state index is 10.2. The lowest BCUT2D eigenvalue weighted by Gasteiger charge is -2.12. The van der Waals surface area contributed by atoms with E-state index >= 15 is 0 Å². The number of alkyl halides is 2. The van der Waals surface area contributed by atoms with Gasteiger partial charge in [0.15, 0.2) is 0 Å². The molecule has 0 aromatic carbocycles. The van der Waals surface area contributed by atoms with Crippen molar-refractivity contribution in [2.75, 3.05) is 23.7 Å². The molecule has 0 saturated carbocycles. The highest BCUT2D eigenvalue weighted by molar-refractivity contribution is 9.09. The molecule has 9 heavy (non-hydrogen) atoms. The van der Waals surface area contributed by atoms with Crippen molar-refractivity contribution in [3.63, 3.8) is 0 Å². The van der Waals surface area contributed by atoms with E-state index in [9.17, 15) is 4.79 Å². The molecular formula is C5H9Br2NO. The monoisotopic (exact) mass is 257 g/mol. The minimum Gasteiger partial charge on any atom is -0.344 e. The Bertz CT molecular complexity index is 73.4. The van der Waals surface area contributed by atoms with Gasteiger partial charge in [0.1, 0.15) is 0 Å². The van der Waals surface area contributed by atoms with Crippen LogP contribution in [0.4, 0.5) is 0 Å². The summed E-state index contributed by atoms with van der Waals surface area (Å²) < 4.78 is 0. The molecule has 0 atom stereocenters. The zero-order valence-electron chi connectivity index (χ0n) is 5.02. The second kappa shape index (κ2) is 6.55. The molecule has 0 aromatic heterocycles. The van der Waals surface area contributed by atoms with Crippen molar-refractivity contribution < 1.29 is 4.79 Å². The Labute approximate surface area is 71.9 Å². The van der Waals surface area contributed by atoms with Crippen LogP contribution in [0.1, 0.15) is 0 Å². The highest BCUT2D eigenvalue weighted by Crippen LogP contribution is 1.89. The standard InChI is InChI=1S/C5H9Br2NO/c6-1-3-8(5-9)4-2-7/h5H,1-4H2. The van der Waals surface area contributed by atoms with Crippen molar-refractivity contribution in [2.24, 2.45) is 0 Å². The van der Waals surface area contributed by atoms with Gasteiger partial charge in [-0.1, -0.05) is 31.9 Å². The maximum Gasteiger partial charge on any atom is 0.209 e. The van der Waals surface area contributed by atoms with Crippen molar-refractivity contribution in [2.45, 2.75) is 0 Å². The molecular weight excluding hydrogens is 250 g/mol. The van der Waals surface area contributed by atoms with Gasteiger partial charge in [-0.05, 0) is 0 Å². The summed E-state index contributed by atoms with van der Waals surface area (Å²) in [5.41, 5.74) is 0. The molecule has 1 amide bonds. The predicted octanol–water partition coefficient (Wildman–Crippen LogP) is 1.23. The Balaban J connectivity index is 3.29. The van der Waals surface area contributed by atoms with Gasteiger partial charge >= 0.3 is 0 Å². The van der Waals surface area contributed by atoms with Gasteiger partial charge in [0.05, 0.1) is 0 Å². The van der Waals surface area contributed by atoms with Crippen molar-refractivity contribution in [3.8, 4) is 0 Å². The largest absolute Gasteiger partial charge is 0.344 e. The van der Waals surface area contributed by atoms with Crippen LogP contribution in [0.25, 0.3) is 0 Å². The third-order valence-corrected chi connectivity index (χ3v) is 1.60. The van der Waals surface area contributed by atoms with Crippen molar-refractivity contribution >= 4 is 38.3 Å². The van der Waals surface area contributed by atoms with E-state index in [0.717, 1.165) is 30.2 Å². The number of hydrogen-bond acceptors (Lipinski definition) is 1. The summed E-state index contributed by atoms with van der Waals surface area (Å²) >= 11 is 6.49. The molecule has 0 aliphatic rings. The first-order valence-corrected chi connectivity index (χ1v) is 4.90. The van der Waals surface area contributed by atoms with E-state index in [1.54, 1.807) is 4.90 Å². The topological polar surface area (TPSA) is 20.3 Å². The van der Waals surface area contributed by atoms with Crippen LogP contribution < -0.4 is 0 Å². The van der Waals surface area contributed by atoms with Gasteiger partial charge in [0, 0.05) is 23.7 Å².